The molecule has 0 spiro atoms. The van der Waals surface area contributed by atoms with Gasteiger partial charge in [-0.25, -0.2) is 0 Å². The lowest BCUT2D eigenvalue weighted by molar-refractivity contribution is -0.119. The first-order valence-electron chi connectivity index (χ1n) is 5.13. The van der Waals surface area contributed by atoms with Crippen LogP contribution in [-0.4, -0.2) is 12.5 Å². The highest BCUT2D eigenvalue weighted by atomic mass is 16.5. The van der Waals surface area contributed by atoms with E-state index in [0.29, 0.717) is 19.8 Å². The maximum Gasteiger partial charge on any atom is 0.217 e. The predicted octanol–water partition coefficient (Wildman–Crippen LogP) is 1.86. The van der Waals surface area contributed by atoms with Gasteiger partial charge in [-0.3, -0.25) is 4.79 Å². The number of benzene rings is 1. The Balaban J connectivity index is 2.63. The van der Waals surface area contributed by atoms with Gasteiger partial charge in [0.1, 0.15) is 0 Å². The molecule has 15 heavy (non-hydrogen) atoms. The number of carbonyl (C=O) groups excluding carboxylic acids is 1. The summed E-state index contributed by atoms with van der Waals surface area (Å²) in [5.74, 6) is -0.0128. The van der Waals surface area contributed by atoms with E-state index in [-0.39, 0.29) is 5.91 Å². The van der Waals surface area contributed by atoms with Crippen molar-refractivity contribution < 1.29 is 9.53 Å². The van der Waals surface area contributed by atoms with E-state index in [4.69, 9.17) is 4.74 Å². The van der Waals surface area contributed by atoms with E-state index in [1.807, 2.05) is 31.2 Å². The van der Waals surface area contributed by atoms with Gasteiger partial charge in [0.05, 0.1) is 6.61 Å². The van der Waals surface area contributed by atoms with Crippen molar-refractivity contribution in [3.63, 3.8) is 0 Å². The van der Waals surface area contributed by atoms with Crippen LogP contribution >= 0.6 is 0 Å². The fraction of sp³-hybridized carbons (Fsp3) is 0.417. The highest BCUT2D eigenvalue weighted by Crippen LogP contribution is 2.09. The van der Waals surface area contributed by atoms with Crippen molar-refractivity contribution in [2.45, 2.75) is 27.0 Å². The van der Waals surface area contributed by atoms with Crippen molar-refractivity contribution in [2.75, 3.05) is 6.61 Å². The Bertz CT molecular complexity index is 323. The van der Waals surface area contributed by atoms with Crippen LogP contribution in [-0.2, 0) is 22.7 Å². The molecule has 0 atom stereocenters. The average molecular weight is 207 g/mol. The van der Waals surface area contributed by atoms with Gasteiger partial charge in [-0.1, -0.05) is 24.3 Å². The summed E-state index contributed by atoms with van der Waals surface area (Å²) >= 11 is 0. The van der Waals surface area contributed by atoms with Gasteiger partial charge >= 0.3 is 0 Å². The summed E-state index contributed by atoms with van der Waals surface area (Å²) in [7, 11) is 0. The van der Waals surface area contributed by atoms with E-state index < -0.39 is 0 Å². The highest BCUT2D eigenvalue weighted by molar-refractivity contribution is 5.72. The number of carbonyl (C=O) groups is 1. The number of amides is 1. The fourth-order valence-electron chi connectivity index (χ4n) is 1.30. The Morgan fingerprint density at radius 3 is 2.60 bits per heavy atom. The monoisotopic (exact) mass is 207 g/mol. The maximum atomic E-state index is 10.8. The Morgan fingerprint density at radius 2 is 2.00 bits per heavy atom. The van der Waals surface area contributed by atoms with Crippen molar-refractivity contribution in [1.82, 2.24) is 5.32 Å². The smallest absolute Gasteiger partial charge is 0.217 e. The third kappa shape index (κ3) is 4.13. The molecule has 0 saturated carbocycles. The Morgan fingerprint density at radius 1 is 1.33 bits per heavy atom. The Hall–Kier alpha value is -1.35. The van der Waals surface area contributed by atoms with Crippen molar-refractivity contribution in [3.05, 3.63) is 35.4 Å². The lowest BCUT2D eigenvalue weighted by Gasteiger charge is -2.09. The fourth-order valence-corrected chi connectivity index (χ4v) is 1.30. The third-order valence-electron chi connectivity index (χ3n) is 2.11. The van der Waals surface area contributed by atoms with Crippen LogP contribution < -0.4 is 5.32 Å². The zero-order chi connectivity index (χ0) is 11.1. The quantitative estimate of drug-likeness (QED) is 0.800. The molecule has 82 valence electrons. The summed E-state index contributed by atoms with van der Waals surface area (Å²) in [4.78, 5) is 10.8. The molecule has 0 aromatic heterocycles. The van der Waals surface area contributed by atoms with Crippen molar-refractivity contribution in [1.29, 1.82) is 0 Å². The van der Waals surface area contributed by atoms with Crippen LogP contribution in [0, 0.1) is 0 Å². The lowest BCUT2D eigenvalue weighted by atomic mass is 10.1. The number of nitrogens with one attached hydrogen (secondary N) is 1. The summed E-state index contributed by atoms with van der Waals surface area (Å²) < 4.78 is 5.35. The first kappa shape index (κ1) is 11.7. The van der Waals surface area contributed by atoms with Gasteiger partial charge in [0, 0.05) is 20.1 Å². The van der Waals surface area contributed by atoms with Gasteiger partial charge in [-0.2, -0.15) is 0 Å². The van der Waals surface area contributed by atoms with Gasteiger partial charge in [0.25, 0.3) is 0 Å². The summed E-state index contributed by atoms with van der Waals surface area (Å²) in [6.45, 7) is 5.36. The van der Waals surface area contributed by atoms with E-state index in [9.17, 15) is 4.79 Å². The Labute approximate surface area is 90.4 Å². The molecule has 1 amide bonds. The summed E-state index contributed by atoms with van der Waals surface area (Å²) in [5.41, 5.74) is 2.24. The SMILES string of the molecule is CCOCc1ccccc1CNC(C)=O. The van der Waals surface area contributed by atoms with Crippen LogP contribution in [0.5, 0.6) is 0 Å². The highest BCUT2D eigenvalue weighted by Gasteiger charge is 2.01. The molecule has 0 unspecified atom stereocenters. The Kier molecular flexibility index (Phi) is 4.84. The van der Waals surface area contributed by atoms with Gasteiger partial charge in [-0.05, 0) is 18.1 Å². The average Bonchev–Trinajstić information content (AvgIpc) is 2.24. The van der Waals surface area contributed by atoms with E-state index in [2.05, 4.69) is 5.32 Å². The van der Waals surface area contributed by atoms with Gasteiger partial charge in [-0.15, -0.1) is 0 Å². The lowest BCUT2D eigenvalue weighted by Crippen LogP contribution is -2.19. The molecule has 1 aromatic rings. The van der Waals surface area contributed by atoms with E-state index in [1.165, 1.54) is 6.92 Å². The molecular formula is C12H17NO2. The van der Waals surface area contributed by atoms with Gasteiger partial charge in [0.2, 0.25) is 5.91 Å². The van der Waals surface area contributed by atoms with E-state index >= 15 is 0 Å². The molecule has 3 nitrogen and oxygen atoms in total. The zero-order valence-electron chi connectivity index (χ0n) is 9.25. The topological polar surface area (TPSA) is 38.3 Å². The second-order valence-electron chi connectivity index (χ2n) is 3.32. The molecule has 0 bridgehead atoms. The first-order valence-corrected chi connectivity index (χ1v) is 5.13. The van der Waals surface area contributed by atoms with Crippen LogP contribution in [0.15, 0.2) is 24.3 Å². The van der Waals surface area contributed by atoms with Gasteiger partial charge < -0.3 is 10.1 Å². The van der Waals surface area contributed by atoms with Crippen molar-refractivity contribution >= 4 is 5.91 Å². The molecule has 0 fully saturated rings. The number of hydrogen-bond donors (Lipinski definition) is 1. The number of ether oxygens (including phenoxy) is 1. The molecule has 1 aromatic carbocycles. The second kappa shape index (κ2) is 6.19. The predicted molar refractivity (Wildman–Crippen MR) is 59.3 cm³/mol. The summed E-state index contributed by atoms with van der Waals surface area (Å²) in [6.07, 6.45) is 0. The number of hydrogen-bond acceptors (Lipinski definition) is 2. The molecule has 0 radical (unpaired) electrons. The zero-order valence-corrected chi connectivity index (χ0v) is 9.25. The van der Waals surface area contributed by atoms with Crippen LogP contribution in [0.25, 0.3) is 0 Å². The standard InChI is InChI=1S/C12H17NO2/c1-3-15-9-12-7-5-4-6-11(12)8-13-10(2)14/h4-7H,3,8-9H2,1-2H3,(H,13,14). The maximum absolute atomic E-state index is 10.8. The molecule has 1 N–H and O–H groups in total. The number of rotatable bonds is 5. The third-order valence-corrected chi connectivity index (χ3v) is 2.11. The largest absolute Gasteiger partial charge is 0.377 e. The first-order chi connectivity index (χ1) is 7.24. The normalized spacial score (nSPS) is 10.0. The second-order valence-corrected chi connectivity index (χ2v) is 3.32. The van der Waals surface area contributed by atoms with Crippen molar-refractivity contribution in [2.24, 2.45) is 0 Å². The van der Waals surface area contributed by atoms with Crippen LogP contribution in [0.4, 0.5) is 0 Å². The molecule has 3 heteroatoms. The van der Waals surface area contributed by atoms with Crippen LogP contribution in [0.3, 0.4) is 0 Å². The van der Waals surface area contributed by atoms with Crippen molar-refractivity contribution in [3.8, 4) is 0 Å². The molecule has 0 aliphatic rings. The summed E-state index contributed by atoms with van der Waals surface area (Å²) in [5, 5.41) is 2.78. The molecule has 0 saturated heterocycles. The van der Waals surface area contributed by atoms with E-state index in [0.717, 1.165) is 11.1 Å². The molecular weight excluding hydrogens is 190 g/mol. The van der Waals surface area contributed by atoms with Crippen LogP contribution in [0.1, 0.15) is 25.0 Å². The minimum absolute atomic E-state index is 0.0128. The molecule has 0 aliphatic heterocycles. The van der Waals surface area contributed by atoms with Crippen LogP contribution in [0.2, 0.25) is 0 Å². The minimum Gasteiger partial charge on any atom is -0.377 e. The molecule has 0 aliphatic carbocycles. The molecule has 1 rings (SSSR count). The van der Waals surface area contributed by atoms with Gasteiger partial charge in [0.15, 0.2) is 0 Å². The minimum atomic E-state index is -0.0128. The summed E-state index contributed by atoms with van der Waals surface area (Å²) in [6, 6.07) is 7.97. The van der Waals surface area contributed by atoms with E-state index in [1.54, 1.807) is 0 Å². The molecule has 0 heterocycles.